The number of aryl methyl sites for hydroxylation is 2. The molecule has 0 spiro atoms. The Morgan fingerprint density at radius 2 is 2.00 bits per heavy atom. The van der Waals surface area contributed by atoms with Crippen LogP contribution in [0.15, 0.2) is 18.2 Å². The van der Waals surface area contributed by atoms with Crippen LogP contribution in [0.1, 0.15) is 27.2 Å². The molecule has 0 aliphatic carbocycles. The second kappa shape index (κ2) is 4.94. The van der Waals surface area contributed by atoms with Crippen molar-refractivity contribution in [2.45, 2.75) is 20.0 Å². The molecule has 0 saturated carbocycles. The lowest BCUT2D eigenvalue weighted by atomic mass is 10.1. The van der Waals surface area contributed by atoms with Gasteiger partial charge in [-0.05, 0) is 32.0 Å². The molecule has 0 radical (unpaired) electrons. The Bertz CT molecular complexity index is 553. The molecule has 1 heterocycles. The molecule has 17 heavy (non-hydrogen) atoms. The van der Waals surface area contributed by atoms with Crippen molar-refractivity contribution in [3.8, 4) is 0 Å². The van der Waals surface area contributed by atoms with E-state index in [1.165, 1.54) is 11.3 Å². The highest BCUT2D eigenvalue weighted by Crippen LogP contribution is 2.34. The lowest BCUT2D eigenvalue weighted by Crippen LogP contribution is -2.00. The van der Waals surface area contributed by atoms with Crippen LogP contribution in [0.4, 0.5) is 0 Å². The predicted octanol–water partition coefficient (Wildman–Crippen LogP) is 4.15. The van der Waals surface area contributed by atoms with E-state index in [9.17, 15) is 5.11 Å². The zero-order valence-corrected chi connectivity index (χ0v) is 11.7. The lowest BCUT2D eigenvalue weighted by Gasteiger charge is -2.12. The molecule has 1 aromatic carbocycles. The Morgan fingerprint density at radius 3 is 2.59 bits per heavy atom. The molecule has 1 N–H and O–H groups in total. The van der Waals surface area contributed by atoms with Crippen LogP contribution in [0, 0.1) is 13.8 Å². The lowest BCUT2D eigenvalue weighted by molar-refractivity contribution is 0.223. The molecule has 90 valence electrons. The largest absolute Gasteiger partial charge is 0.383 e. The summed E-state index contributed by atoms with van der Waals surface area (Å²) in [4.78, 5) is 5.10. The van der Waals surface area contributed by atoms with Crippen LogP contribution >= 0.6 is 34.5 Å². The smallest absolute Gasteiger partial charge is 0.117 e. The molecule has 0 aliphatic heterocycles. The molecule has 0 saturated heterocycles. The van der Waals surface area contributed by atoms with Crippen molar-refractivity contribution >= 4 is 34.5 Å². The van der Waals surface area contributed by atoms with E-state index < -0.39 is 6.10 Å². The Labute approximate surface area is 114 Å². The first-order chi connectivity index (χ1) is 7.99. The molecule has 5 heteroatoms. The van der Waals surface area contributed by atoms with Gasteiger partial charge >= 0.3 is 0 Å². The van der Waals surface area contributed by atoms with Gasteiger partial charge in [-0.3, -0.25) is 0 Å². The predicted molar refractivity (Wildman–Crippen MR) is 72.1 cm³/mol. The van der Waals surface area contributed by atoms with Gasteiger partial charge in [0.15, 0.2) is 0 Å². The second-order valence-electron chi connectivity index (χ2n) is 3.75. The molecule has 2 rings (SSSR count). The highest BCUT2D eigenvalue weighted by Gasteiger charge is 2.19. The molecule has 1 atom stereocenters. The molecule has 1 aromatic heterocycles. The van der Waals surface area contributed by atoms with Crippen molar-refractivity contribution in [2.75, 3.05) is 0 Å². The third-order valence-electron chi connectivity index (χ3n) is 2.44. The summed E-state index contributed by atoms with van der Waals surface area (Å²) in [5.74, 6) is 0. The zero-order valence-electron chi connectivity index (χ0n) is 9.37. The van der Waals surface area contributed by atoms with E-state index in [2.05, 4.69) is 4.98 Å². The Balaban J connectivity index is 2.46. The Kier molecular flexibility index (Phi) is 3.73. The van der Waals surface area contributed by atoms with Gasteiger partial charge in [-0.1, -0.05) is 23.2 Å². The minimum Gasteiger partial charge on any atom is -0.383 e. The van der Waals surface area contributed by atoms with E-state index in [0.717, 1.165) is 15.6 Å². The summed E-state index contributed by atoms with van der Waals surface area (Å²) in [6, 6.07) is 5.07. The minimum atomic E-state index is -0.771. The maximum Gasteiger partial charge on any atom is 0.117 e. The number of aliphatic hydroxyl groups excluding tert-OH is 1. The third kappa shape index (κ3) is 2.63. The summed E-state index contributed by atoms with van der Waals surface area (Å²) >= 11 is 13.4. The number of halogens is 2. The van der Waals surface area contributed by atoms with Crippen LogP contribution < -0.4 is 0 Å². The van der Waals surface area contributed by atoms with Crippen LogP contribution in [0.3, 0.4) is 0 Å². The fourth-order valence-electron chi connectivity index (χ4n) is 1.67. The van der Waals surface area contributed by atoms with Gasteiger partial charge in [0.1, 0.15) is 6.10 Å². The topological polar surface area (TPSA) is 33.1 Å². The molecule has 1 unspecified atom stereocenters. The first-order valence-corrected chi connectivity index (χ1v) is 6.63. The van der Waals surface area contributed by atoms with Crippen molar-refractivity contribution in [1.82, 2.24) is 4.98 Å². The SMILES string of the molecule is Cc1nc(C)c(C(O)c2cc(Cl)ccc2Cl)s1. The summed E-state index contributed by atoms with van der Waals surface area (Å²) in [6.07, 6.45) is -0.771. The Morgan fingerprint density at radius 1 is 1.29 bits per heavy atom. The number of hydrogen-bond donors (Lipinski definition) is 1. The van der Waals surface area contributed by atoms with Gasteiger partial charge in [0.25, 0.3) is 0 Å². The number of aliphatic hydroxyl groups is 1. The molecule has 0 amide bonds. The Hall–Kier alpha value is -0.610. The quantitative estimate of drug-likeness (QED) is 0.900. The molecular weight excluding hydrogens is 277 g/mol. The standard InChI is InChI=1S/C12H11Cl2NOS/c1-6-12(17-7(2)15-6)11(16)9-5-8(13)3-4-10(9)14/h3-5,11,16H,1-2H3. The fourth-order valence-corrected chi connectivity index (χ4v) is 3.00. The van der Waals surface area contributed by atoms with Crippen LogP contribution in [0.2, 0.25) is 10.0 Å². The summed E-state index contributed by atoms with van der Waals surface area (Å²) in [5.41, 5.74) is 1.45. The maximum absolute atomic E-state index is 10.3. The van der Waals surface area contributed by atoms with Crippen molar-refractivity contribution in [1.29, 1.82) is 0 Å². The second-order valence-corrected chi connectivity index (χ2v) is 5.83. The van der Waals surface area contributed by atoms with Crippen molar-refractivity contribution in [3.63, 3.8) is 0 Å². The summed E-state index contributed by atoms with van der Waals surface area (Å²) in [7, 11) is 0. The average Bonchev–Trinajstić information content (AvgIpc) is 2.60. The summed E-state index contributed by atoms with van der Waals surface area (Å²) < 4.78 is 0. The number of thiazole rings is 1. The number of rotatable bonds is 2. The number of nitrogens with zero attached hydrogens (tertiary/aromatic N) is 1. The fraction of sp³-hybridized carbons (Fsp3) is 0.250. The van der Waals surface area contributed by atoms with Gasteiger partial charge in [-0.25, -0.2) is 4.98 Å². The van der Waals surface area contributed by atoms with Gasteiger partial charge in [-0.15, -0.1) is 11.3 Å². The van der Waals surface area contributed by atoms with Gasteiger partial charge in [0.05, 0.1) is 15.6 Å². The van der Waals surface area contributed by atoms with E-state index in [0.29, 0.717) is 15.6 Å². The highest BCUT2D eigenvalue weighted by atomic mass is 35.5. The number of aromatic nitrogens is 1. The normalized spacial score (nSPS) is 12.8. The average molecular weight is 288 g/mol. The van der Waals surface area contributed by atoms with E-state index in [4.69, 9.17) is 23.2 Å². The molecule has 0 fully saturated rings. The molecular formula is C12H11Cl2NOS. The first kappa shape index (κ1) is 12.8. The van der Waals surface area contributed by atoms with Crippen LogP contribution in [-0.4, -0.2) is 10.1 Å². The van der Waals surface area contributed by atoms with Crippen LogP contribution in [-0.2, 0) is 0 Å². The molecule has 2 nitrogen and oxygen atoms in total. The highest BCUT2D eigenvalue weighted by molar-refractivity contribution is 7.11. The van der Waals surface area contributed by atoms with E-state index >= 15 is 0 Å². The molecule has 0 aliphatic rings. The van der Waals surface area contributed by atoms with E-state index in [-0.39, 0.29) is 0 Å². The van der Waals surface area contributed by atoms with E-state index in [1.807, 2.05) is 13.8 Å². The van der Waals surface area contributed by atoms with Crippen molar-refractivity contribution in [2.24, 2.45) is 0 Å². The first-order valence-electron chi connectivity index (χ1n) is 5.06. The number of hydrogen-bond acceptors (Lipinski definition) is 3. The monoisotopic (exact) mass is 287 g/mol. The van der Waals surface area contributed by atoms with Gasteiger partial charge < -0.3 is 5.11 Å². The van der Waals surface area contributed by atoms with E-state index in [1.54, 1.807) is 18.2 Å². The summed E-state index contributed by atoms with van der Waals surface area (Å²) in [5, 5.41) is 12.3. The molecule has 0 bridgehead atoms. The summed E-state index contributed by atoms with van der Waals surface area (Å²) in [6.45, 7) is 3.79. The third-order valence-corrected chi connectivity index (χ3v) is 4.14. The van der Waals surface area contributed by atoms with Crippen molar-refractivity contribution < 1.29 is 5.11 Å². The van der Waals surface area contributed by atoms with Crippen molar-refractivity contribution in [3.05, 3.63) is 49.4 Å². The number of benzene rings is 1. The van der Waals surface area contributed by atoms with Crippen LogP contribution in [0.5, 0.6) is 0 Å². The van der Waals surface area contributed by atoms with Gasteiger partial charge in [0.2, 0.25) is 0 Å². The van der Waals surface area contributed by atoms with Gasteiger partial charge in [0, 0.05) is 15.6 Å². The maximum atomic E-state index is 10.3. The van der Waals surface area contributed by atoms with Gasteiger partial charge in [-0.2, -0.15) is 0 Å². The minimum absolute atomic E-state index is 0.507. The molecule has 2 aromatic rings. The zero-order chi connectivity index (χ0) is 12.6. The van der Waals surface area contributed by atoms with Crippen LogP contribution in [0.25, 0.3) is 0 Å².